The number of carboxylic acid groups (broad SMARTS) is 1. The first kappa shape index (κ1) is 11.2. The van der Waals surface area contributed by atoms with Crippen LogP contribution < -0.4 is 0 Å². The Labute approximate surface area is 83.8 Å². The van der Waals surface area contributed by atoms with Crippen molar-refractivity contribution in [3.8, 4) is 0 Å². The van der Waals surface area contributed by atoms with Crippen LogP contribution in [-0.2, 0) is 4.79 Å². The van der Waals surface area contributed by atoms with E-state index in [0.717, 1.165) is 6.42 Å². The minimum absolute atomic E-state index is 0.0276. The molecule has 1 atom stereocenters. The number of carbonyl (C=O) groups is 1. The maximum atomic E-state index is 13.2. The van der Waals surface area contributed by atoms with Gasteiger partial charge in [0, 0.05) is 0 Å². The highest BCUT2D eigenvalue weighted by Gasteiger charge is 2.31. The lowest BCUT2D eigenvalue weighted by atomic mass is 9.70. The Kier molecular flexibility index (Phi) is 2.98. The SMILES string of the molecule is CC1C/C(=C(\F)C(=O)O)CC(C)(C)C1. The first-order valence-corrected chi connectivity index (χ1v) is 4.92. The fourth-order valence-corrected chi connectivity index (χ4v) is 2.48. The molecular weight excluding hydrogens is 183 g/mol. The van der Waals surface area contributed by atoms with Crippen LogP contribution in [0.2, 0.25) is 0 Å². The van der Waals surface area contributed by atoms with Gasteiger partial charge in [0.05, 0.1) is 0 Å². The Hall–Kier alpha value is -0.860. The van der Waals surface area contributed by atoms with Crippen LogP contribution in [0.4, 0.5) is 4.39 Å². The second kappa shape index (κ2) is 3.71. The highest BCUT2D eigenvalue weighted by molar-refractivity contribution is 5.84. The zero-order valence-corrected chi connectivity index (χ0v) is 8.93. The lowest BCUT2D eigenvalue weighted by Crippen LogP contribution is -2.24. The average Bonchev–Trinajstić information content (AvgIpc) is 1.98. The van der Waals surface area contributed by atoms with Gasteiger partial charge in [-0.15, -0.1) is 0 Å². The van der Waals surface area contributed by atoms with Crippen molar-refractivity contribution in [1.82, 2.24) is 0 Å². The zero-order valence-electron chi connectivity index (χ0n) is 8.93. The van der Waals surface area contributed by atoms with Gasteiger partial charge in [-0.05, 0) is 36.2 Å². The summed E-state index contributed by atoms with van der Waals surface area (Å²) in [6.45, 7) is 6.14. The molecule has 0 radical (unpaired) electrons. The van der Waals surface area contributed by atoms with E-state index in [9.17, 15) is 9.18 Å². The van der Waals surface area contributed by atoms with Crippen molar-refractivity contribution in [2.45, 2.75) is 40.0 Å². The smallest absolute Gasteiger partial charge is 0.364 e. The predicted molar refractivity (Wildman–Crippen MR) is 52.6 cm³/mol. The van der Waals surface area contributed by atoms with Crippen LogP contribution in [0.25, 0.3) is 0 Å². The van der Waals surface area contributed by atoms with E-state index >= 15 is 0 Å². The molecule has 14 heavy (non-hydrogen) atoms. The van der Waals surface area contributed by atoms with E-state index in [1.807, 2.05) is 6.92 Å². The Morgan fingerprint density at radius 3 is 2.57 bits per heavy atom. The van der Waals surface area contributed by atoms with E-state index in [-0.39, 0.29) is 5.41 Å². The van der Waals surface area contributed by atoms with E-state index in [2.05, 4.69) is 13.8 Å². The molecule has 0 aromatic rings. The number of carboxylic acids is 1. The third-order valence-electron chi connectivity index (χ3n) is 2.69. The standard InChI is InChI=1S/C11H17FO2/c1-7-4-8(9(12)10(13)14)6-11(2,3)5-7/h7H,4-6H2,1-3H3,(H,13,14)/b9-8+. The van der Waals surface area contributed by atoms with Gasteiger partial charge in [0.15, 0.2) is 0 Å². The van der Waals surface area contributed by atoms with Gasteiger partial charge in [-0.2, -0.15) is 4.39 Å². The van der Waals surface area contributed by atoms with Crippen LogP contribution in [0.5, 0.6) is 0 Å². The van der Waals surface area contributed by atoms with Crippen LogP contribution in [-0.4, -0.2) is 11.1 Å². The van der Waals surface area contributed by atoms with Crippen LogP contribution in [0.15, 0.2) is 11.4 Å². The quantitative estimate of drug-likeness (QED) is 0.660. The first-order chi connectivity index (χ1) is 6.32. The monoisotopic (exact) mass is 200 g/mol. The molecule has 1 fully saturated rings. The van der Waals surface area contributed by atoms with E-state index in [1.54, 1.807) is 0 Å². The summed E-state index contributed by atoms with van der Waals surface area (Å²) in [5, 5.41) is 8.56. The lowest BCUT2D eigenvalue weighted by molar-refractivity contribution is -0.134. The van der Waals surface area contributed by atoms with Crippen LogP contribution in [0.1, 0.15) is 40.0 Å². The number of hydrogen-bond donors (Lipinski definition) is 1. The zero-order chi connectivity index (χ0) is 10.9. The number of aliphatic carboxylic acids is 1. The van der Waals surface area contributed by atoms with Crippen LogP contribution in [0.3, 0.4) is 0 Å². The molecule has 1 aliphatic carbocycles. The molecule has 0 aromatic heterocycles. The van der Waals surface area contributed by atoms with Gasteiger partial charge in [-0.1, -0.05) is 20.8 Å². The van der Waals surface area contributed by atoms with E-state index in [0.29, 0.717) is 24.3 Å². The van der Waals surface area contributed by atoms with Crippen molar-refractivity contribution < 1.29 is 14.3 Å². The molecule has 2 nitrogen and oxygen atoms in total. The Balaban J connectivity index is 2.91. The Bertz CT molecular complexity index is 279. The minimum Gasteiger partial charge on any atom is -0.476 e. The summed E-state index contributed by atoms with van der Waals surface area (Å²) in [5.41, 5.74) is 0.501. The van der Waals surface area contributed by atoms with Gasteiger partial charge in [-0.3, -0.25) is 0 Å². The molecule has 0 heterocycles. The van der Waals surface area contributed by atoms with Gasteiger partial charge in [-0.25, -0.2) is 4.79 Å². The highest BCUT2D eigenvalue weighted by atomic mass is 19.1. The van der Waals surface area contributed by atoms with E-state index in [1.165, 1.54) is 0 Å². The van der Waals surface area contributed by atoms with Gasteiger partial charge in [0.25, 0.3) is 0 Å². The highest BCUT2D eigenvalue weighted by Crippen LogP contribution is 2.42. The molecule has 80 valence electrons. The van der Waals surface area contributed by atoms with Crippen molar-refractivity contribution >= 4 is 5.97 Å². The van der Waals surface area contributed by atoms with E-state index in [4.69, 9.17) is 5.11 Å². The summed E-state index contributed by atoms with van der Waals surface area (Å²) in [4.78, 5) is 10.5. The second-order valence-electron chi connectivity index (χ2n) is 5.08. The molecule has 0 aliphatic heterocycles. The normalized spacial score (nSPS) is 29.9. The van der Waals surface area contributed by atoms with Crippen LogP contribution >= 0.6 is 0 Å². The fourth-order valence-electron chi connectivity index (χ4n) is 2.48. The molecule has 1 N–H and O–H groups in total. The number of rotatable bonds is 1. The number of halogens is 1. The molecule has 1 rings (SSSR count). The third-order valence-corrected chi connectivity index (χ3v) is 2.69. The average molecular weight is 200 g/mol. The van der Waals surface area contributed by atoms with Crippen molar-refractivity contribution in [3.05, 3.63) is 11.4 Å². The van der Waals surface area contributed by atoms with Gasteiger partial charge >= 0.3 is 5.97 Å². The largest absolute Gasteiger partial charge is 0.476 e. The summed E-state index contributed by atoms with van der Waals surface area (Å²) in [6.07, 6.45) is 2.18. The van der Waals surface area contributed by atoms with Crippen LogP contribution in [0, 0.1) is 11.3 Å². The summed E-state index contributed by atoms with van der Waals surface area (Å²) in [7, 11) is 0. The van der Waals surface area contributed by atoms with Gasteiger partial charge < -0.3 is 5.11 Å². The second-order valence-corrected chi connectivity index (χ2v) is 5.08. The molecule has 0 bridgehead atoms. The lowest BCUT2D eigenvalue weighted by Gasteiger charge is -2.35. The molecule has 0 saturated heterocycles. The third kappa shape index (κ3) is 2.56. The number of allylic oxidation sites excluding steroid dienone is 1. The summed E-state index contributed by atoms with van der Waals surface area (Å²) in [6, 6.07) is 0. The molecule has 3 heteroatoms. The molecule has 0 aromatic carbocycles. The minimum atomic E-state index is -1.43. The molecule has 1 saturated carbocycles. The molecule has 0 spiro atoms. The van der Waals surface area contributed by atoms with Crippen molar-refractivity contribution in [3.63, 3.8) is 0 Å². The summed E-state index contributed by atoms with van der Waals surface area (Å²) in [5.74, 6) is -1.99. The molecule has 0 amide bonds. The predicted octanol–water partition coefficient (Wildman–Crippen LogP) is 3.14. The molecule has 1 aliphatic rings. The van der Waals surface area contributed by atoms with Crippen molar-refractivity contribution in [2.24, 2.45) is 11.3 Å². The molecular formula is C11H17FO2. The van der Waals surface area contributed by atoms with Gasteiger partial charge in [0.1, 0.15) is 0 Å². The van der Waals surface area contributed by atoms with Gasteiger partial charge in [0.2, 0.25) is 5.83 Å². The summed E-state index contributed by atoms with van der Waals surface area (Å²) >= 11 is 0. The van der Waals surface area contributed by atoms with E-state index < -0.39 is 11.8 Å². The summed E-state index contributed by atoms with van der Waals surface area (Å²) < 4.78 is 13.2. The fraction of sp³-hybridized carbons (Fsp3) is 0.727. The molecule has 1 unspecified atom stereocenters. The first-order valence-electron chi connectivity index (χ1n) is 4.92. The van der Waals surface area contributed by atoms with Crippen molar-refractivity contribution in [2.75, 3.05) is 0 Å². The maximum Gasteiger partial charge on any atom is 0.364 e. The number of hydrogen-bond acceptors (Lipinski definition) is 1. The Morgan fingerprint density at radius 1 is 1.57 bits per heavy atom. The Morgan fingerprint density at radius 2 is 2.14 bits per heavy atom. The maximum absolute atomic E-state index is 13.2. The van der Waals surface area contributed by atoms with Crippen molar-refractivity contribution in [1.29, 1.82) is 0 Å². The topological polar surface area (TPSA) is 37.3 Å².